The van der Waals surface area contributed by atoms with Crippen LogP contribution in [0.1, 0.15) is 17.7 Å². The molecule has 0 unspecified atom stereocenters. The lowest BCUT2D eigenvalue weighted by Gasteiger charge is -2.28. The standard InChI is InChI=1S/C26H27ClN4O3S/c27-22-6-3-19(4-7-22)2-1-15-35(32,33)18-23-17-25(31-11-13-34-14-12-31)30-26(29-23)21-5-8-24-20(16-21)9-10-28-24/h3-10,16-17,28H,1-2,11-15,18H2. The van der Waals surface area contributed by atoms with Gasteiger partial charge in [-0.25, -0.2) is 18.4 Å². The summed E-state index contributed by atoms with van der Waals surface area (Å²) in [5.41, 5.74) is 3.47. The molecule has 0 atom stereocenters. The van der Waals surface area contributed by atoms with Crippen molar-refractivity contribution in [1.29, 1.82) is 0 Å². The van der Waals surface area contributed by atoms with Crippen molar-refractivity contribution in [2.75, 3.05) is 37.0 Å². The van der Waals surface area contributed by atoms with Crippen molar-refractivity contribution in [2.45, 2.75) is 18.6 Å². The zero-order chi connectivity index (χ0) is 24.3. The van der Waals surface area contributed by atoms with Gasteiger partial charge in [0, 0.05) is 46.8 Å². The van der Waals surface area contributed by atoms with E-state index in [1.807, 2.05) is 54.7 Å². The molecular weight excluding hydrogens is 484 g/mol. The first-order chi connectivity index (χ1) is 16.9. The number of hydrogen-bond acceptors (Lipinski definition) is 6. The van der Waals surface area contributed by atoms with Crippen LogP contribution in [0.5, 0.6) is 0 Å². The number of morpholine rings is 1. The van der Waals surface area contributed by atoms with Gasteiger partial charge in [-0.3, -0.25) is 0 Å². The largest absolute Gasteiger partial charge is 0.378 e. The third-order valence-corrected chi connectivity index (χ3v) is 8.01. The van der Waals surface area contributed by atoms with Gasteiger partial charge in [-0.15, -0.1) is 0 Å². The maximum Gasteiger partial charge on any atom is 0.161 e. The molecule has 3 heterocycles. The molecule has 1 aliphatic heterocycles. The second-order valence-electron chi connectivity index (χ2n) is 8.74. The summed E-state index contributed by atoms with van der Waals surface area (Å²) in [6, 6.07) is 17.3. The second kappa shape index (κ2) is 10.4. The molecule has 35 heavy (non-hydrogen) atoms. The summed E-state index contributed by atoms with van der Waals surface area (Å²) in [6.45, 7) is 2.65. The molecule has 0 bridgehead atoms. The van der Waals surface area contributed by atoms with Gasteiger partial charge in [-0.2, -0.15) is 0 Å². The fraction of sp³-hybridized carbons (Fsp3) is 0.308. The molecule has 0 spiro atoms. The highest BCUT2D eigenvalue weighted by Gasteiger charge is 2.19. The van der Waals surface area contributed by atoms with Gasteiger partial charge in [0.1, 0.15) is 5.82 Å². The zero-order valence-corrected chi connectivity index (χ0v) is 20.9. The molecule has 182 valence electrons. The average molecular weight is 511 g/mol. The number of sulfone groups is 1. The molecule has 4 aromatic rings. The predicted octanol–water partition coefficient (Wildman–Crippen LogP) is 4.66. The van der Waals surface area contributed by atoms with E-state index in [9.17, 15) is 8.42 Å². The monoisotopic (exact) mass is 510 g/mol. The molecule has 0 aliphatic carbocycles. The van der Waals surface area contributed by atoms with Gasteiger partial charge in [0.25, 0.3) is 0 Å². The van der Waals surface area contributed by atoms with Crippen molar-refractivity contribution in [3.8, 4) is 11.4 Å². The molecule has 0 radical (unpaired) electrons. The van der Waals surface area contributed by atoms with Gasteiger partial charge in [-0.05, 0) is 54.8 Å². The molecule has 7 nitrogen and oxygen atoms in total. The number of aromatic nitrogens is 3. The van der Waals surface area contributed by atoms with Gasteiger partial charge in [-0.1, -0.05) is 23.7 Å². The lowest BCUT2D eigenvalue weighted by Crippen LogP contribution is -2.37. The number of rotatable bonds is 8. The minimum atomic E-state index is -3.35. The number of halogens is 1. The lowest BCUT2D eigenvalue weighted by molar-refractivity contribution is 0.122. The summed E-state index contributed by atoms with van der Waals surface area (Å²) in [5, 5.41) is 1.73. The van der Waals surface area contributed by atoms with Crippen LogP contribution in [-0.2, 0) is 26.7 Å². The topological polar surface area (TPSA) is 88.2 Å². The van der Waals surface area contributed by atoms with Crippen LogP contribution in [0.15, 0.2) is 60.8 Å². The van der Waals surface area contributed by atoms with Crippen LogP contribution in [0.3, 0.4) is 0 Å². The van der Waals surface area contributed by atoms with Crippen LogP contribution in [-0.4, -0.2) is 55.4 Å². The van der Waals surface area contributed by atoms with E-state index in [-0.39, 0.29) is 11.5 Å². The van der Waals surface area contributed by atoms with Crippen molar-refractivity contribution < 1.29 is 13.2 Å². The van der Waals surface area contributed by atoms with Gasteiger partial charge in [0.05, 0.1) is 30.4 Å². The van der Waals surface area contributed by atoms with Crippen LogP contribution >= 0.6 is 11.6 Å². The highest BCUT2D eigenvalue weighted by molar-refractivity contribution is 7.90. The van der Waals surface area contributed by atoms with E-state index in [2.05, 4.69) is 14.9 Å². The molecule has 1 fully saturated rings. The smallest absolute Gasteiger partial charge is 0.161 e. The second-order valence-corrected chi connectivity index (χ2v) is 11.4. The van der Waals surface area contributed by atoms with E-state index in [0.717, 1.165) is 27.8 Å². The first-order valence-corrected chi connectivity index (χ1v) is 13.9. The van der Waals surface area contributed by atoms with Crippen molar-refractivity contribution >= 4 is 38.2 Å². The summed E-state index contributed by atoms with van der Waals surface area (Å²) >= 11 is 5.94. The Labute approximate surface area is 210 Å². The molecule has 1 aliphatic rings. The third kappa shape index (κ3) is 6.01. The normalized spacial score (nSPS) is 14.5. The summed E-state index contributed by atoms with van der Waals surface area (Å²) in [4.78, 5) is 14.8. The quantitative estimate of drug-likeness (QED) is 0.371. The number of anilines is 1. The van der Waals surface area contributed by atoms with Crippen LogP contribution < -0.4 is 4.90 Å². The van der Waals surface area contributed by atoms with E-state index in [4.69, 9.17) is 21.3 Å². The van der Waals surface area contributed by atoms with E-state index in [1.165, 1.54) is 0 Å². The average Bonchev–Trinajstić information content (AvgIpc) is 3.33. The maximum absolute atomic E-state index is 13.0. The highest BCUT2D eigenvalue weighted by atomic mass is 35.5. The van der Waals surface area contributed by atoms with E-state index < -0.39 is 9.84 Å². The van der Waals surface area contributed by atoms with E-state index in [1.54, 1.807) is 6.07 Å². The van der Waals surface area contributed by atoms with Crippen LogP contribution in [0, 0.1) is 0 Å². The van der Waals surface area contributed by atoms with Gasteiger partial charge >= 0.3 is 0 Å². The number of H-pyrrole nitrogens is 1. The lowest BCUT2D eigenvalue weighted by atomic mass is 10.1. The summed E-state index contributed by atoms with van der Waals surface area (Å²) in [7, 11) is -3.35. The molecule has 1 saturated heterocycles. The minimum absolute atomic E-state index is 0.0944. The number of aryl methyl sites for hydroxylation is 1. The van der Waals surface area contributed by atoms with Crippen LogP contribution in [0.2, 0.25) is 5.02 Å². The number of benzene rings is 2. The molecule has 0 saturated carbocycles. The Morgan fingerprint density at radius 3 is 2.60 bits per heavy atom. The van der Waals surface area contributed by atoms with Gasteiger partial charge in [0.15, 0.2) is 15.7 Å². The maximum atomic E-state index is 13.0. The fourth-order valence-corrected chi connectivity index (χ4v) is 5.73. The number of nitrogens with one attached hydrogen (secondary N) is 1. The Hall–Kier alpha value is -2.94. The number of hydrogen-bond donors (Lipinski definition) is 1. The van der Waals surface area contributed by atoms with Gasteiger partial charge < -0.3 is 14.6 Å². The summed E-state index contributed by atoms with van der Waals surface area (Å²) < 4.78 is 31.5. The molecule has 1 N–H and O–H groups in total. The van der Waals surface area contributed by atoms with Crippen molar-refractivity contribution in [2.24, 2.45) is 0 Å². The Balaban J connectivity index is 1.38. The first kappa shape index (κ1) is 23.8. The first-order valence-electron chi connectivity index (χ1n) is 11.7. The highest BCUT2D eigenvalue weighted by Crippen LogP contribution is 2.25. The van der Waals surface area contributed by atoms with Crippen molar-refractivity contribution in [3.05, 3.63) is 77.1 Å². The Bertz CT molecular complexity index is 1410. The van der Waals surface area contributed by atoms with Gasteiger partial charge in [0.2, 0.25) is 0 Å². The molecule has 5 rings (SSSR count). The Morgan fingerprint density at radius 1 is 1.00 bits per heavy atom. The Morgan fingerprint density at radius 2 is 1.80 bits per heavy atom. The molecule has 9 heteroatoms. The molecule has 2 aromatic heterocycles. The van der Waals surface area contributed by atoms with E-state index >= 15 is 0 Å². The number of ether oxygens (including phenoxy) is 1. The fourth-order valence-electron chi connectivity index (χ4n) is 4.28. The molecule has 0 amide bonds. The summed E-state index contributed by atoms with van der Waals surface area (Å²) in [6.07, 6.45) is 3.12. The van der Waals surface area contributed by atoms with Crippen LogP contribution in [0.4, 0.5) is 5.82 Å². The van der Waals surface area contributed by atoms with E-state index in [0.29, 0.717) is 55.7 Å². The third-order valence-electron chi connectivity index (χ3n) is 6.11. The number of aromatic amines is 1. The summed E-state index contributed by atoms with van der Waals surface area (Å²) in [5.74, 6) is 1.24. The SMILES string of the molecule is O=S(=O)(CCCc1ccc(Cl)cc1)Cc1cc(N2CCOCC2)nc(-c2ccc3[nH]ccc3c2)n1. The van der Waals surface area contributed by atoms with Crippen LogP contribution in [0.25, 0.3) is 22.3 Å². The minimum Gasteiger partial charge on any atom is -0.378 e. The number of nitrogens with zero attached hydrogens (tertiary/aromatic N) is 3. The Kier molecular flexibility index (Phi) is 7.04. The van der Waals surface area contributed by atoms with Crippen molar-refractivity contribution in [3.63, 3.8) is 0 Å². The molecule has 2 aromatic carbocycles. The zero-order valence-electron chi connectivity index (χ0n) is 19.3. The predicted molar refractivity (Wildman–Crippen MR) is 140 cm³/mol. The molecular formula is C26H27ClN4O3S. The van der Waals surface area contributed by atoms with Crippen molar-refractivity contribution in [1.82, 2.24) is 15.0 Å². The number of fused-ring (bicyclic) bond motifs is 1.